The Morgan fingerprint density at radius 3 is 2.16 bits per heavy atom. The first-order valence-corrected chi connectivity index (χ1v) is 11.1. The summed E-state index contributed by atoms with van der Waals surface area (Å²) >= 11 is 5.94. The molecule has 0 saturated carbocycles. The van der Waals surface area contributed by atoms with Crippen molar-refractivity contribution in [1.82, 2.24) is 4.90 Å². The molecule has 32 heavy (non-hydrogen) atoms. The van der Waals surface area contributed by atoms with Gasteiger partial charge in [0.1, 0.15) is 0 Å². The van der Waals surface area contributed by atoms with E-state index in [1.165, 1.54) is 5.56 Å². The number of nitrogens with one attached hydrogen (secondary N) is 1. The Morgan fingerprint density at radius 2 is 1.53 bits per heavy atom. The normalized spacial score (nSPS) is 14.4. The first kappa shape index (κ1) is 22.1. The van der Waals surface area contributed by atoms with Gasteiger partial charge in [-0.2, -0.15) is 0 Å². The number of aliphatic hydroxyl groups excluding tert-OH is 1. The number of benzene rings is 3. The smallest absolute Gasteiger partial charge is 0.300 e. The summed E-state index contributed by atoms with van der Waals surface area (Å²) in [6, 6.07) is 23.3. The number of hydrogen-bond donors (Lipinski definition) is 2. The van der Waals surface area contributed by atoms with Crippen LogP contribution in [0.3, 0.4) is 0 Å². The van der Waals surface area contributed by atoms with Gasteiger partial charge in [0.25, 0.3) is 0 Å². The zero-order valence-corrected chi connectivity index (χ0v) is 18.5. The topological polar surface area (TPSA) is 52.6 Å². The van der Waals surface area contributed by atoms with Crippen LogP contribution < -0.4 is 5.32 Å². The fourth-order valence-electron chi connectivity index (χ4n) is 3.71. The monoisotopic (exact) mass is 444 g/mol. The second kappa shape index (κ2) is 10.5. The Balaban J connectivity index is 1.30. The number of carbonyl (C=O) groups excluding carboxylic acids is 1. The molecular formula is C27H25ClN2O2. The van der Waals surface area contributed by atoms with Crippen molar-refractivity contribution < 1.29 is 9.90 Å². The van der Waals surface area contributed by atoms with E-state index in [1.807, 2.05) is 72.8 Å². The highest BCUT2D eigenvalue weighted by atomic mass is 35.5. The van der Waals surface area contributed by atoms with Crippen LogP contribution in [-0.4, -0.2) is 35.1 Å². The molecule has 3 aromatic rings. The molecule has 0 unspecified atom stereocenters. The second-order valence-corrected chi connectivity index (χ2v) is 8.43. The molecule has 5 heteroatoms. The molecule has 0 bridgehead atoms. The number of halogens is 1. The van der Waals surface area contributed by atoms with Crippen LogP contribution in [0.2, 0.25) is 5.02 Å². The van der Waals surface area contributed by atoms with Gasteiger partial charge in [-0.1, -0.05) is 53.9 Å². The zero-order chi connectivity index (χ0) is 22.3. The van der Waals surface area contributed by atoms with Gasteiger partial charge in [0.2, 0.25) is 0 Å². The van der Waals surface area contributed by atoms with E-state index in [0.717, 1.165) is 54.9 Å². The van der Waals surface area contributed by atoms with E-state index in [0.29, 0.717) is 5.02 Å². The lowest BCUT2D eigenvalue weighted by atomic mass is 10.0. The van der Waals surface area contributed by atoms with E-state index in [-0.39, 0.29) is 12.0 Å². The van der Waals surface area contributed by atoms with E-state index in [4.69, 9.17) is 11.6 Å². The van der Waals surface area contributed by atoms with Crippen LogP contribution in [0.4, 0.5) is 5.69 Å². The molecule has 0 radical (unpaired) electrons. The number of amides is 1. The van der Waals surface area contributed by atoms with Gasteiger partial charge < -0.3 is 10.4 Å². The Labute approximate surface area is 193 Å². The van der Waals surface area contributed by atoms with E-state index in [2.05, 4.69) is 22.1 Å². The van der Waals surface area contributed by atoms with Gasteiger partial charge in [0.05, 0.1) is 6.10 Å². The largest absolute Gasteiger partial charge is 0.393 e. The molecule has 162 valence electrons. The lowest BCUT2D eigenvalue weighted by Crippen LogP contribution is -2.35. The molecule has 1 saturated heterocycles. The molecule has 1 aliphatic rings. The lowest BCUT2D eigenvalue weighted by Gasteiger charge is -2.29. The molecule has 1 fully saturated rings. The minimum atomic E-state index is -0.343. The number of piperidine rings is 1. The average Bonchev–Trinajstić information content (AvgIpc) is 2.81. The van der Waals surface area contributed by atoms with Crippen molar-refractivity contribution in [1.29, 1.82) is 0 Å². The van der Waals surface area contributed by atoms with Crippen LogP contribution in [0, 0.1) is 11.8 Å². The third kappa shape index (κ3) is 6.21. The van der Waals surface area contributed by atoms with Crippen LogP contribution in [0.15, 0.2) is 72.8 Å². The highest BCUT2D eigenvalue weighted by Gasteiger charge is 2.16. The molecule has 0 aromatic heterocycles. The Kier molecular flexibility index (Phi) is 7.24. The van der Waals surface area contributed by atoms with Crippen molar-refractivity contribution in [3.05, 3.63) is 88.9 Å². The van der Waals surface area contributed by atoms with Crippen molar-refractivity contribution in [2.24, 2.45) is 0 Å². The predicted octanol–water partition coefficient (Wildman–Crippen LogP) is 4.95. The Bertz CT molecular complexity index is 1110. The van der Waals surface area contributed by atoms with Gasteiger partial charge >= 0.3 is 5.91 Å². The van der Waals surface area contributed by atoms with Gasteiger partial charge in [-0.25, -0.2) is 0 Å². The van der Waals surface area contributed by atoms with Gasteiger partial charge in [0.15, 0.2) is 0 Å². The quantitative estimate of drug-likeness (QED) is 0.559. The van der Waals surface area contributed by atoms with Crippen LogP contribution in [-0.2, 0) is 11.3 Å². The predicted molar refractivity (Wildman–Crippen MR) is 129 cm³/mol. The number of rotatable bonds is 4. The molecule has 0 atom stereocenters. The SMILES string of the molecule is O=C(C#Cc1ccc(-c2ccc(Cl)cc2)cc1)Nc1ccc(CN2CCC(O)CC2)cc1. The van der Waals surface area contributed by atoms with Crippen LogP contribution in [0.1, 0.15) is 24.0 Å². The van der Waals surface area contributed by atoms with Gasteiger partial charge in [-0.05, 0) is 65.9 Å². The molecule has 1 amide bonds. The minimum Gasteiger partial charge on any atom is -0.393 e. The number of carbonyl (C=O) groups is 1. The highest BCUT2D eigenvalue weighted by Crippen LogP contribution is 2.21. The maximum Gasteiger partial charge on any atom is 0.300 e. The van der Waals surface area contributed by atoms with Crippen LogP contribution >= 0.6 is 11.6 Å². The number of hydrogen-bond acceptors (Lipinski definition) is 3. The van der Waals surface area contributed by atoms with Crippen LogP contribution in [0.25, 0.3) is 11.1 Å². The van der Waals surface area contributed by atoms with E-state index >= 15 is 0 Å². The molecule has 2 N–H and O–H groups in total. The van der Waals surface area contributed by atoms with Crippen molar-refractivity contribution in [3.63, 3.8) is 0 Å². The highest BCUT2D eigenvalue weighted by molar-refractivity contribution is 6.30. The first-order chi connectivity index (χ1) is 15.5. The van der Waals surface area contributed by atoms with E-state index in [1.54, 1.807) is 0 Å². The third-order valence-corrected chi connectivity index (χ3v) is 5.81. The Hall–Kier alpha value is -3.10. The summed E-state index contributed by atoms with van der Waals surface area (Å²) < 4.78 is 0. The summed E-state index contributed by atoms with van der Waals surface area (Å²) in [5.74, 6) is 5.22. The van der Waals surface area contributed by atoms with Crippen molar-refractivity contribution in [3.8, 4) is 23.0 Å². The molecule has 1 aliphatic heterocycles. The summed E-state index contributed by atoms with van der Waals surface area (Å²) in [6.07, 6.45) is 1.50. The van der Waals surface area contributed by atoms with E-state index < -0.39 is 0 Å². The number of likely N-dealkylation sites (tertiary alicyclic amines) is 1. The fourth-order valence-corrected chi connectivity index (χ4v) is 3.83. The fraction of sp³-hybridized carbons (Fsp3) is 0.222. The Morgan fingerprint density at radius 1 is 0.938 bits per heavy atom. The van der Waals surface area contributed by atoms with Crippen molar-refractivity contribution in [2.75, 3.05) is 18.4 Å². The first-order valence-electron chi connectivity index (χ1n) is 10.7. The summed E-state index contributed by atoms with van der Waals surface area (Å²) in [5.41, 5.74) is 4.83. The van der Waals surface area contributed by atoms with Crippen LogP contribution in [0.5, 0.6) is 0 Å². The molecule has 4 nitrogen and oxygen atoms in total. The summed E-state index contributed by atoms with van der Waals surface area (Å²) in [5, 5.41) is 13.1. The maximum atomic E-state index is 12.2. The summed E-state index contributed by atoms with van der Waals surface area (Å²) in [6.45, 7) is 2.68. The molecular weight excluding hydrogens is 420 g/mol. The summed E-state index contributed by atoms with van der Waals surface area (Å²) in [4.78, 5) is 14.5. The summed E-state index contributed by atoms with van der Waals surface area (Å²) in [7, 11) is 0. The number of nitrogens with zero attached hydrogens (tertiary/aromatic N) is 1. The average molecular weight is 445 g/mol. The zero-order valence-electron chi connectivity index (χ0n) is 17.7. The van der Waals surface area contributed by atoms with Gasteiger partial charge in [0, 0.05) is 41.8 Å². The van der Waals surface area contributed by atoms with Gasteiger partial charge in [-0.3, -0.25) is 9.69 Å². The number of anilines is 1. The third-order valence-electron chi connectivity index (χ3n) is 5.56. The molecule has 4 rings (SSSR count). The second-order valence-electron chi connectivity index (χ2n) is 7.99. The van der Waals surface area contributed by atoms with E-state index in [9.17, 15) is 9.90 Å². The minimum absolute atomic E-state index is 0.161. The number of aliphatic hydroxyl groups is 1. The van der Waals surface area contributed by atoms with Gasteiger partial charge in [-0.15, -0.1) is 0 Å². The van der Waals surface area contributed by atoms with Crippen molar-refractivity contribution >= 4 is 23.2 Å². The molecule has 1 heterocycles. The molecule has 0 spiro atoms. The molecule has 0 aliphatic carbocycles. The molecule has 3 aromatic carbocycles. The lowest BCUT2D eigenvalue weighted by molar-refractivity contribution is -0.111. The maximum absolute atomic E-state index is 12.2. The van der Waals surface area contributed by atoms with Crippen molar-refractivity contribution in [2.45, 2.75) is 25.5 Å². The standard InChI is InChI=1S/C27H25ClN2O2/c28-24-10-8-23(9-11-24)22-6-1-20(2-7-22)5-14-27(32)29-25-12-3-21(4-13-25)19-30-17-15-26(31)16-18-30/h1-4,6-13,26,31H,15-19H2,(H,29,32).